The van der Waals surface area contributed by atoms with Gasteiger partial charge < -0.3 is 9.84 Å². The van der Waals surface area contributed by atoms with E-state index in [2.05, 4.69) is 16.2 Å². The Bertz CT molecular complexity index is 445. The number of carbonyl (C=O) groups is 1. The smallest absolute Gasteiger partial charge is 0.237 e. The van der Waals surface area contributed by atoms with Crippen LogP contribution in [0.15, 0.2) is 12.1 Å². The Morgan fingerprint density at radius 1 is 1.39 bits per heavy atom. The van der Waals surface area contributed by atoms with Crippen LogP contribution in [0.3, 0.4) is 0 Å². The summed E-state index contributed by atoms with van der Waals surface area (Å²) >= 11 is 0. The summed E-state index contributed by atoms with van der Waals surface area (Å²) in [6.45, 7) is 9.34. The molecular formula is C14H20O3P. The zero-order chi connectivity index (χ0) is 14.1. The molecule has 99 valence electrons. The molecule has 1 aromatic carbocycles. The molecule has 0 aliphatic carbocycles. The van der Waals surface area contributed by atoms with Gasteiger partial charge in [0.2, 0.25) is 11.6 Å². The van der Waals surface area contributed by atoms with Crippen molar-refractivity contribution in [1.82, 2.24) is 0 Å². The molecule has 0 bridgehead atoms. The van der Waals surface area contributed by atoms with E-state index in [1.54, 1.807) is 0 Å². The molecule has 0 heterocycles. The van der Waals surface area contributed by atoms with Crippen molar-refractivity contribution in [1.29, 1.82) is 0 Å². The summed E-state index contributed by atoms with van der Waals surface area (Å²) in [5, 5.41) is 10.3. The number of Topliss-reactive ketones (excluding diaryl/α,β-unsaturated/α-hetero) is 1. The molecule has 1 radical (unpaired) electrons. The van der Waals surface area contributed by atoms with E-state index in [0.29, 0.717) is 5.56 Å². The first kappa shape index (κ1) is 15.3. The summed E-state index contributed by atoms with van der Waals surface area (Å²) in [4.78, 5) is 12.5. The number of hydrogen-bond acceptors (Lipinski definition) is 3. The summed E-state index contributed by atoms with van der Waals surface area (Å²) < 4.78 is 4.98. The van der Waals surface area contributed by atoms with E-state index in [4.69, 9.17) is 4.74 Å². The molecule has 0 amide bonds. The molecule has 0 fully saturated rings. The molecule has 0 aromatic heterocycles. The SMILES string of the molecule is [CH2]C(P)C(O)(OC)C(=O)c1c(C)cc(C)cc1C. The van der Waals surface area contributed by atoms with E-state index in [9.17, 15) is 9.90 Å². The van der Waals surface area contributed by atoms with E-state index < -0.39 is 17.2 Å². The van der Waals surface area contributed by atoms with E-state index in [1.165, 1.54) is 7.11 Å². The highest BCUT2D eigenvalue weighted by molar-refractivity contribution is 7.18. The largest absolute Gasteiger partial charge is 0.359 e. The molecule has 18 heavy (non-hydrogen) atoms. The standard InChI is InChI=1S/C14H20O3P/c1-8-6-9(2)12(10(3)7-8)13(15)14(16,17-5)11(4)18/h6-7,11,16H,4,18H2,1-3,5H3. The number of hydrogen-bond donors (Lipinski definition) is 1. The van der Waals surface area contributed by atoms with Crippen LogP contribution in [0.4, 0.5) is 0 Å². The normalized spacial score (nSPS) is 16.2. The highest BCUT2D eigenvalue weighted by Crippen LogP contribution is 2.27. The van der Waals surface area contributed by atoms with Crippen molar-refractivity contribution in [3.05, 3.63) is 41.3 Å². The maximum atomic E-state index is 12.5. The molecule has 0 aliphatic rings. The van der Waals surface area contributed by atoms with Crippen molar-refractivity contribution in [3.63, 3.8) is 0 Å². The fourth-order valence-electron chi connectivity index (χ4n) is 2.13. The van der Waals surface area contributed by atoms with Crippen LogP contribution in [-0.4, -0.2) is 29.4 Å². The van der Waals surface area contributed by atoms with Crippen molar-refractivity contribution in [3.8, 4) is 0 Å². The maximum absolute atomic E-state index is 12.5. The second kappa shape index (κ2) is 5.48. The van der Waals surface area contributed by atoms with Crippen LogP contribution < -0.4 is 0 Å². The van der Waals surface area contributed by atoms with E-state index >= 15 is 0 Å². The van der Waals surface area contributed by atoms with Crippen LogP contribution in [-0.2, 0) is 4.74 Å². The Morgan fingerprint density at radius 2 is 1.83 bits per heavy atom. The summed E-state index contributed by atoms with van der Waals surface area (Å²) in [6.07, 6.45) is 0. The summed E-state index contributed by atoms with van der Waals surface area (Å²) in [7, 11) is 3.61. The third-order valence-electron chi connectivity index (χ3n) is 3.04. The first-order valence-electron chi connectivity index (χ1n) is 5.73. The van der Waals surface area contributed by atoms with Gasteiger partial charge in [-0.2, -0.15) is 0 Å². The van der Waals surface area contributed by atoms with Gasteiger partial charge in [-0.05, 0) is 38.8 Å². The predicted octanol–water partition coefficient (Wildman–Crippen LogP) is 2.21. The minimum Gasteiger partial charge on any atom is -0.359 e. The highest BCUT2D eigenvalue weighted by Gasteiger charge is 2.41. The Kier molecular flexibility index (Phi) is 4.66. The minimum atomic E-state index is -1.91. The van der Waals surface area contributed by atoms with Gasteiger partial charge in [-0.3, -0.25) is 4.79 Å². The topological polar surface area (TPSA) is 46.5 Å². The van der Waals surface area contributed by atoms with Gasteiger partial charge in [0.05, 0.1) is 0 Å². The van der Waals surface area contributed by atoms with Crippen LogP contribution >= 0.6 is 9.24 Å². The molecule has 3 unspecified atom stereocenters. The van der Waals surface area contributed by atoms with Crippen LogP contribution in [0.25, 0.3) is 0 Å². The van der Waals surface area contributed by atoms with Crippen molar-refractivity contribution < 1.29 is 14.6 Å². The van der Waals surface area contributed by atoms with Gasteiger partial charge >= 0.3 is 0 Å². The fourth-order valence-corrected chi connectivity index (χ4v) is 2.42. The van der Waals surface area contributed by atoms with Gasteiger partial charge in [0.25, 0.3) is 0 Å². The zero-order valence-corrected chi connectivity index (χ0v) is 12.4. The molecular weight excluding hydrogens is 247 g/mol. The Morgan fingerprint density at radius 3 is 2.17 bits per heavy atom. The Balaban J connectivity index is 3.35. The second-order valence-corrected chi connectivity index (χ2v) is 5.41. The molecule has 0 spiro atoms. The number of carbonyl (C=O) groups excluding carboxylic acids is 1. The first-order chi connectivity index (χ1) is 8.24. The Hall–Kier alpha value is -0.760. The van der Waals surface area contributed by atoms with Gasteiger partial charge in [-0.15, -0.1) is 9.24 Å². The summed E-state index contributed by atoms with van der Waals surface area (Å²) in [6, 6.07) is 3.83. The van der Waals surface area contributed by atoms with Gasteiger partial charge in [-0.1, -0.05) is 17.7 Å². The minimum absolute atomic E-state index is 0.449. The lowest BCUT2D eigenvalue weighted by Crippen LogP contribution is -2.48. The highest BCUT2D eigenvalue weighted by atomic mass is 31.0. The molecule has 3 nitrogen and oxygen atoms in total. The van der Waals surface area contributed by atoms with Gasteiger partial charge in [-0.25, -0.2) is 0 Å². The van der Waals surface area contributed by atoms with Crippen molar-refractivity contribution in [2.75, 3.05) is 7.11 Å². The molecule has 3 atom stereocenters. The van der Waals surface area contributed by atoms with Crippen molar-refractivity contribution in [2.45, 2.75) is 32.2 Å². The maximum Gasteiger partial charge on any atom is 0.237 e. The third-order valence-corrected chi connectivity index (χ3v) is 3.50. The van der Waals surface area contributed by atoms with Crippen molar-refractivity contribution >= 4 is 15.0 Å². The number of ketones is 1. The Labute approximate surface area is 111 Å². The average Bonchev–Trinajstić information content (AvgIpc) is 2.25. The number of methoxy groups -OCH3 is 1. The summed E-state index contributed by atoms with van der Waals surface area (Å²) in [5.74, 6) is -2.36. The lowest BCUT2D eigenvalue weighted by atomic mass is 9.91. The predicted molar refractivity (Wildman–Crippen MR) is 75.8 cm³/mol. The van der Waals surface area contributed by atoms with Crippen LogP contribution in [0.5, 0.6) is 0 Å². The first-order valence-corrected chi connectivity index (χ1v) is 6.39. The molecule has 0 saturated heterocycles. The lowest BCUT2D eigenvalue weighted by molar-refractivity contribution is -0.140. The number of ether oxygens (including phenoxy) is 1. The number of rotatable bonds is 4. The number of aliphatic hydroxyl groups is 1. The van der Waals surface area contributed by atoms with Gasteiger partial charge in [0, 0.05) is 18.3 Å². The second-order valence-electron chi connectivity index (χ2n) is 4.61. The monoisotopic (exact) mass is 267 g/mol. The lowest BCUT2D eigenvalue weighted by Gasteiger charge is -2.29. The molecule has 1 rings (SSSR count). The van der Waals surface area contributed by atoms with Crippen LogP contribution in [0.2, 0.25) is 0 Å². The number of benzene rings is 1. The molecule has 1 N–H and O–H groups in total. The zero-order valence-electron chi connectivity index (χ0n) is 11.3. The van der Waals surface area contributed by atoms with E-state index in [-0.39, 0.29) is 0 Å². The number of aryl methyl sites for hydroxylation is 3. The molecule has 0 aliphatic heterocycles. The molecule has 0 saturated carbocycles. The summed E-state index contributed by atoms with van der Waals surface area (Å²) in [5.41, 5.74) is 2.60. The quantitative estimate of drug-likeness (QED) is 0.517. The fraction of sp³-hybridized carbons (Fsp3) is 0.429. The molecule has 4 heteroatoms. The van der Waals surface area contributed by atoms with E-state index in [0.717, 1.165) is 16.7 Å². The third kappa shape index (κ3) is 2.64. The van der Waals surface area contributed by atoms with Crippen LogP contribution in [0, 0.1) is 27.7 Å². The van der Waals surface area contributed by atoms with E-state index in [1.807, 2.05) is 32.9 Å². The molecule has 1 aromatic rings. The van der Waals surface area contributed by atoms with Gasteiger partial charge in [0.15, 0.2) is 0 Å². The van der Waals surface area contributed by atoms with Crippen LogP contribution in [0.1, 0.15) is 27.0 Å². The van der Waals surface area contributed by atoms with Gasteiger partial charge in [0.1, 0.15) is 0 Å². The van der Waals surface area contributed by atoms with Crippen molar-refractivity contribution in [2.24, 2.45) is 0 Å². The average molecular weight is 267 g/mol.